The number of benzene rings is 2. The van der Waals surface area contributed by atoms with Crippen LogP contribution in [0.15, 0.2) is 53.4 Å². The molecule has 0 fully saturated rings. The van der Waals surface area contributed by atoms with E-state index >= 15 is 0 Å². The zero-order valence-corrected chi connectivity index (χ0v) is 18.1. The molecule has 0 aromatic heterocycles. The summed E-state index contributed by atoms with van der Waals surface area (Å²) in [6, 6.07) is 15.5. The summed E-state index contributed by atoms with van der Waals surface area (Å²) in [7, 11) is 1.61. The Hall–Kier alpha value is -2.77. The molecule has 2 rings (SSSR count). The number of unbranched alkanes of at least 4 members (excludes halogenated alkanes) is 2. The van der Waals surface area contributed by atoms with Gasteiger partial charge < -0.3 is 10.1 Å². The maximum Gasteiger partial charge on any atom is 0.251 e. The summed E-state index contributed by atoms with van der Waals surface area (Å²) in [4.78, 5) is 25.1. The van der Waals surface area contributed by atoms with Crippen molar-refractivity contribution in [3.05, 3.63) is 59.7 Å². The van der Waals surface area contributed by atoms with E-state index in [1.54, 1.807) is 24.4 Å². The Bertz CT molecular complexity index is 849. The number of thioether (sulfide) groups is 1. The Morgan fingerprint density at radius 1 is 1.03 bits per heavy atom. The number of methoxy groups -OCH3 is 1. The van der Waals surface area contributed by atoms with Crippen molar-refractivity contribution in [3.63, 3.8) is 0 Å². The van der Waals surface area contributed by atoms with Crippen molar-refractivity contribution in [3.8, 4) is 5.75 Å². The van der Waals surface area contributed by atoms with Gasteiger partial charge in [-0.05, 0) is 60.6 Å². The minimum atomic E-state index is -0.392. The molecule has 160 valence electrons. The molecule has 2 aromatic rings. The minimum Gasteiger partial charge on any atom is -0.497 e. The second kappa shape index (κ2) is 12.7. The van der Waals surface area contributed by atoms with Gasteiger partial charge in [-0.1, -0.05) is 30.7 Å². The Morgan fingerprint density at radius 3 is 2.33 bits per heavy atom. The molecule has 7 heteroatoms. The molecule has 0 aliphatic carbocycles. The number of ether oxygens (including phenoxy) is 1. The summed E-state index contributed by atoms with van der Waals surface area (Å²) in [5.41, 5.74) is 3.95. The minimum absolute atomic E-state index is 0.151. The van der Waals surface area contributed by atoms with E-state index < -0.39 is 5.91 Å². The highest BCUT2D eigenvalue weighted by Crippen LogP contribution is 2.23. The molecule has 0 saturated carbocycles. The van der Waals surface area contributed by atoms with E-state index in [0.717, 1.165) is 34.6 Å². The Morgan fingerprint density at radius 2 is 1.73 bits per heavy atom. The zero-order valence-electron chi connectivity index (χ0n) is 17.3. The van der Waals surface area contributed by atoms with Crippen LogP contribution in [0, 0.1) is 0 Å². The first-order chi connectivity index (χ1) is 14.6. The summed E-state index contributed by atoms with van der Waals surface area (Å²) < 4.78 is 5.21. The predicted molar refractivity (Wildman–Crippen MR) is 120 cm³/mol. The van der Waals surface area contributed by atoms with Crippen LogP contribution in [0.25, 0.3) is 11.6 Å². The highest BCUT2D eigenvalue weighted by Gasteiger charge is 2.12. The summed E-state index contributed by atoms with van der Waals surface area (Å²) in [6.07, 6.45) is 6.37. The number of carbonyl (C=O) groups is 2. The largest absolute Gasteiger partial charge is 0.497 e. The van der Waals surface area contributed by atoms with Crippen molar-refractivity contribution < 1.29 is 19.5 Å². The molecule has 0 saturated heterocycles. The summed E-state index contributed by atoms with van der Waals surface area (Å²) in [6.45, 7) is 0.512. The molecule has 0 bridgehead atoms. The number of hydrogen-bond acceptors (Lipinski definition) is 5. The average Bonchev–Trinajstić information content (AvgIpc) is 2.79. The molecule has 0 heterocycles. The molecule has 0 aliphatic rings. The maximum absolute atomic E-state index is 12.9. The van der Waals surface area contributed by atoms with Gasteiger partial charge in [0.2, 0.25) is 5.91 Å². The van der Waals surface area contributed by atoms with E-state index in [9.17, 15) is 9.59 Å². The predicted octanol–water partition coefficient (Wildman–Crippen LogP) is 4.14. The third-order valence-electron chi connectivity index (χ3n) is 4.56. The molecule has 0 spiro atoms. The lowest BCUT2D eigenvalue weighted by molar-refractivity contribution is -0.129. The lowest BCUT2D eigenvalue weighted by atomic mass is 10.0. The van der Waals surface area contributed by atoms with E-state index in [-0.39, 0.29) is 12.3 Å². The highest BCUT2D eigenvalue weighted by molar-refractivity contribution is 7.98. The van der Waals surface area contributed by atoms with Gasteiger partial charge in [0.05, 0.1) is 7.11 Å². The fraction of sp³-hybridized carbons (Fsp3) is 0.304. The number of carbonyl (C=O) groups excluding carboxylic acids is 2. The highest BCUT2D eigenvalue weighted by atomic mass is 32.2. The van der Waals surface area contributed by atoms with Crippen molar-refractivity contribution in [2.24, 2.45) is 0 Å². The first-order valence-electron chi connectivity index (χ1n) is 9.78. The van der Waals surface area contributed by atoms with Crippen molar-refractivity contribution >= 4 is 35.2 Å². The molecular formula is C23H28N2O4S. The van der Waals surface area contributed by atoms with E-state index in [4.69, 9.17) is 9.94 Å². The molecule has 6 nitrogen and oxygen atoms in total. The topological polar surface area (TPSA) is 87.7 Å². The van der Waals surface area contributed by atoms with Gasteiger partial charge in [0, 0.05) is 23.4 Å². The quantitative estimate of drug-likeness (QED) is 0.125. The molecule has 0 radical (unpaired) electrons. The van der Waals surface area contributed by atoms with Crippen LogP contribution in [0.1, 0.15) is 36.8 Å². The first kappa shape index (κ1) is 23.5. The van der Waals surface area contributed by atoms with E-state index in [1.807, 2.05) is 60.9 Å². The van der Waals surface area contributed by atoms with Crippen LogP contribution in [0.3, 0.4) is 0 Å². The van der Waals surface area contributed by atoms with Gasteiger partial charge in [0.25, 0.3) is 5.91 Å². The van der Waals surface area contributed by atoms with Crippen molar-refractivity contribution in [2.75, 3.05) is 19.9 Å². The zero-order chi connectivity index (χ0) is 21.8. The van der Waals surface area contributed by atoms with Gasteiger partial charge >= 0.3 is 0 Å². The lowest BCUT2D eigenvalue weighted by Gasteiger charge is -2.11. The van der Waals surface area contributed by atoms with Crippen LogP contribution in [-0.2, 0) is 9.59 Å². The van der Waals surface area contributed by atoms with Crippen LogP contribution in [0.5, 0.6) is 5.75 Å². The monoisotopic (exact) mass is 428 g/mol. The summed E-state index contributed by atoms with van der Waals surface area (Å²) in [5, 5.41) is 11.5. The Labute approximate surface area is 181 Å². The number of amides is 2. The Kier molecular flexibility index (Phi) is 9.97. The average molecular weight is 429 g/mol. The van der Waals surface area contributed by atoms with Gasteiger partial charge in [-0.2, -0.15) is 0 Å². The van der Waals surface area contributed by atoms with Crippen LogP contribution >= 0.6 is 11.8 Å². The second-order valence-corrected chi connectivity index (χ2v) is 7.54. The van der Waals surface area contributed by atoms with E-state index in [1.165, 1.54) is 0 Å². The van der Waals surface area contributed by atoms with Crippen LogP contribution in [-0.4, -0.2) is 36.9 Å². The number of hydroxylamine groups is 1. The standard InChI is InChI=1S/C23H28N2O4S/c1-29-19-11-9-18(10-12-19)21(16-17-7-13-20(30-2)14-8-17)23(27)24-15-5-3-4-6-22(26)25-28/h7-14,16,28H,3-6,15H2,1-2H3,(H,24,27)(H,25,26). The van der Waals surface area contributed by atoms with Gasteiger partial charge in [0.1, 0.15) is 5.75 Å². The van der Waals surface area contributed by atoms with Crippen LogP contribution in [0.4, 0.5) is 0 Å². The third kappa shape index (κ3) is 7.57. The van der Waals surface area contributed by atoms with Gasteiger partial charge in [-0.15, -0.1) is 11.8 Å². The number of hydrogen-bond donors (Lipinski definition) is 3. The third-order valence-corrected chi connectivity index (χ3v) is 5.31. The van der Waals surface area contributed by atoms with Crippen molar-refractivity contribution in [1.82, 2.24) is 10.8 Å². The molecular weight excluding hydrogens is 400 g/mol. The fourth-order valence-electron chi connectivity index (χ4n) is 2.86. The molecule has 0 aliphatic heterocycles. The summed E-state index contributed by atoms with van der Waals surface area (Å²) >= 11 is 1.67. The van der Waals surface area contributed by atoms with Crippen LogP contribution < -0.4 is 15.5 Å². The van der Waals surface area contributed by atoms with Crippen molar-refractivity contribution in [1.29, 1.82) is 0 Å². The van der Waals surface area contributed by atoms with Gasteiger partial charge in [-0.3, -0.25) is 14.8 Å². The first-order valence-corrected chi connectivity index (χ1v) is 11.0. The molecule has 3 N–H and O–H groups in total. The molecule has 2 aromatic carbocycles. The number of nitrogens with one attached hydrogen (secondary N) is 2. The molecule has 0 atom stereocenters. The van der Waals surface area contributed by atoms with Crippen molar-refractivity contribution in [2.45, 2.75) is 30.6 Å². The fourth-order valence-corrected chi connectivity index (χ4v) is 3.27. The Balaban J connectivity index is 2.07. The molecule has 2 amide bonds. The SMILES string of the molecule is COc1ccc(C(=Cc2ccc(SC)cc2)C(=O)NCCCCCC(=O)NO)cc1. The lowest BCUT2D eigenvalue weighted by Crippen LogP contribution is -2.25. The molecule has 0 unspecified atom stereocenters. The molecule has 30 heavy (non-hydrogen) atoms. The summed E-state index contributed by atoms with van der Waals surface area (Å²) in [5.74, 6) is 0.188. The van der Waals surface area contributed by atoms with Crippen LogP contribution in [0.2, 0.25) is 0 Å². The van der Waals surface area contributed by atoms with E-state index in [2.05, 4.69) is 5.32 Å². The second-order valence-electron chi connectivity index (χ2n) is 6.66. The van der Waals surface area contributed by atoms with Gasteiger partial charge in [0.15, 0.2) is 0 Å². The normalized spacial score (nSPS) is 11.1. The number of rotatable bonds is 11. The van der Waals surface area contributed by atoms with E-state index in [0.29, 0.717) is 18.5 Å². The smallest absolute Gasteiger partial charge is 0.251 e. The maximum atomic E-state index is 12.9. The van der Waals surface area contributed by atoms with Gasteiger partial charge in [-0.25, -0.2) is 5.48 Å².